The highest BCUT2D eigenvalue weighted by Gasteiger charge is 2.23. The van der Waals surface area contributed by atoms with Gasteiger partial charge in [-0.2, -0.15) is 0 Å². The van der Waals surface area contributed by atoms with E-state index >= 15 is 0 Å². The number of benzene rings is 1. The monoisotopic (exact) mass is 329 g/mol. The Morgan fingerprint density at radius 2 is 1.78 bits per heavy atom. The second-order valence-electron chi connectivity index (χ2n) is 6.01. The lowest BCUT2D eigenvalue weighted by molar-refractivity contribution is 0.0765. The number of carbonyl (C=O) groups excluding carboxylic acids is 1. The van der Waals surface area contributed by atoms with Gasteiger partial charge in [0, 0.05) is 25.8 Å². The van der Waals surface area contributed by atoms with E-state index in [1.165, 1.54) is 24.2 Å². The van der Waals surface area contributed by atoms with Crippen molar-refractivity contribution in [3.63, 3.8) is 0 Å². The quantitative estimate of drug-likeness (QED) is 0.845. The molecule has 0 saturated carbocycles. The van der Waals surface area contributed by atoms with Gasteiger partial charge in [-0.1, -0.05) is 42.4 Å². The van der Waals surface area contributed by atoms with Gasteiger partial charge in [-0.05, 0) is 31.9 Å². The molecule has 122 valence electrons. The summed E-state index contributed by atoms with van der Waals surface area (Å²) in [7, 11) is 1.99. The zero-order valence-electron chi connectivity index (χ0n) is 13.8. The molecule has 0 bridgehead atoms. The number of likely N-dealkylation sites (tertiary alicyclic amines) is 1. The molecular weight excluding hydrogens is 306 g/mol. The number of aryl methyl sites for hydroxylation is 1. The molecule has 2 heterocycles. The van der Waals surface area contributed by atoms with Crippen LogP contribution in [0.1, 0.15) is 41.0 Å². The second kappa shape index (κ2) is 7.13. The van der Waals surface area contributed by atoms with E-state index in [-0.39, 0.29) is 5.91 Å². The molecule has 0 N–H and O–H groups in total. The third kappa shape index (κ3) is 3.55. The molecule has 1 aromatic heterocycles. The summed E-state index contributed by atoms with van der Waals surface area (Å²) in [6.45, 7) is 3.68. The highest BCUT2D eigenvalue weighted by atomic mass is 32.1. The lowest BCUT2D eigenvalue weighted by atomic mass is 10.2. The molecular formula is C18H23N3OS. The van der Waals surface area contributed by atoms with E-state index in [0.717, 1.165) is 47.3 Å². The third-order valence-electron chi connectivity index (χ3n) is 4.30. The third-order valence-corrected chi connectivity index (χ3v) is 5.53. The van der Waals surface area contributed by atoms with Gasteiger partial charge in [0.05, 0.1) is 5.69 Å². The molecule has 4 nitrogen and oxygen atoms in total. The summed E-state index contributed by atoms with van der Waals surface area (Å²) in [4.78, 5) is 22.3. The van der Waals surface area contributed by atoms with Crippen LogP contribution < -0.4 is 4.90 Å². The van der Waals surface area contributed by atoms with E-state index in [9.17, 15) is 4.79 Å². The van der Waals surface area contributed by atoms with Crippen molar-refractivity contribution in [2.45, 2.75) is 32.6 Å². The first-order valence-electron chi connectivity index (χ1n) is 8.22. The Morgan fingerprint density at radius 1 is 1.13 bits per heavy atom. The number of anilines is 2. The minimum absolute atomic E-state index is 0.148. The smallest absolute Gasteiger partial charge is 0.265 e. The molecule has 1 aliphatic rings. The van der Waals surface area contributed by atoms with Crippen molar-refractivity contribution in [3.8, 4) is 0 Å². The Morgan fingerprint density at radius 3 is 2.43 bits per heavy atom. The molecule has 0 atom stereocenters. The fraction of sp³-hybridized carbons (Fsp3) is 0.444. The molecule has 0 spiro atoms. The summed E-state index contributed by atoms with van der Waals surface area (Å²) in [5.74, 6) is 0.148. The molecule has 1 aromatic carbocycles. The summed E-state index contributed by atoms with van der Waals surface area (Å²) in [6, 6.07) is 10.1. The first kappa shape index (κ1) is 16.0. The Kier molecular flexibility index (Phi) is 4.96. The summed E-state index contributed by atoms with van der Waals surface area (Å²) in [5, 5.41) is 0.867. The molecule has 1 aliphatic heterocycles. The molecule has 0 aliphatic carbocycles. The topological polar surface area (TPSA) is 36.4 Å². The molecule has 0 radical (unpaired) electrons. The lowest BCUT2D eigenvalue weighted by Gasteiger charge is -2.19. The maximum absolute atomic E-state index is 12.8. The van der Waals surface area contributed by atoms with E-state index in [1.807, 2.05) is 54.1 Å². The van der Waals surface area contributed by atoms with E-state index in [0.29, 0.717) is 0 Å². The Bertz CT molecular complexity index is 660. The summed E-state index contributed by atoms with van der Waals surface area (Å²) in [5.41, 5.74) is 1.91. The van der Waals surface area contributed by atoms with Crippen LogP contribution in [0.2, 0.25) is 0 Å². The molecule has 2 aromatic rings. The van der Waals surface area contributed by atoms with E-state index in [2.05, 4.69) is 4.98 Å². The number of hydrogen-bond acceptors (Lipinski definition) is 4. The molecule has 3 rings (SSSR count). The fourth-order valence-corrected chi connectivity index (χ4v) is 3.92. The van der Waals surface area contributed by atoms with Gasteiger partial charge in [0.25, 0.3) is 5.91 Å². The summed E-state index contributed by atoms with van der Waals surface area (Å²) >= 11 is 1.49. The number of para-hydroxylation sites is 1. The number of amides is 1. The molecule has 0 unspecified atom stereocenters. The summed E-state index contributed by atoms with van der Waals surface area (Å²) in [6.07, 6.45) is 4.68. The van der Waals surface area contributed by atoms with Gasteiger partial charge in [-0.25, -0.2) is 4.98 Å². The molecule has 5 heteroatoms. The van der Waals surface area contributed by atoms with Crippen LogP contribution in [0, 0.1) is 6.92 Å². The van der Waals surface area contributed by atoms with Crippen LogP contribution in [-0.4, -0.2) is 35.9 Å². The highest BCUT2D eigenvalue weighted by molar-refractivity contribution is 7.17. The zero-order valence-corrected chi connectivity index (χ0v) is 14.6. The molecule has 1 amide bonds. The summed E-state index contributed by atoms with van der Waals surface area (Å²) < 4.78 is 0. The van der Waals surface area contributed by atoms with Crippen molar-refractivity contribution in [3.05, 3.63) is 40.9 Å². The van der Waals surface area contributed by atoms with Crippen molar-refractivity contribution in [2.24, 2.45) is 0 Å². The van der Waals surface area contributed by atoms with Crippen LogP contribution in [0.15, 0.2) is 30.3 Å². The van der Waals surface area contributed by atoms with Crippen LogP contribution in [0.25, 0.3) is 0 Å². The van der Waals surface area contributed by atoms with Gasteiger partial charge in [-0.3, -0.25) is 4.79 Å². The van der Waals surface area contributed by atoms with Gasteiger partial charge in [0.2, 0.25) is 0 Å². The van der Waals surface area contributed by atoms with Crippen LogP contribution in [0.4, 0.5) is 10.8 Å². The van der Waals surface area contributed by atoms with Crippen molar-refractivity contribution in [1.82, 2.24) is 9.88 Å². The van der Waals surface area contributed by atoms with Crippen LogP contribution in [0.3, 0.4) is 0 Å². The van der Waals surface area contributed by atoms with Gasteiger partial charge in [0.1, 0.15) is 4.88 Å². The maximum Gasteiger partial charge on any atom is 0.265 e. The highest BCUT2D eigenvalue weighted by Crippen LogP contribution is 2.31. The number of aromatic nitrogens is 1. The average molecular weight is 329 g/mol. The van der Waals surface area contributed by atoms with Crippen LogP contribution in [0.5, 0.6) is 0 Å². The predicted octanol–water partition coefficient (Wildman–Crippen LogP) is 4.24. The number of thiazole rings is 1. The Labute approximate surface area is 141 Å². The normalized spacial score (nSPS) is 15.3. The second-order valence-corrected chi connectivity index (χ2v) is 6.99. The fourth-order valence-electron chi connectivity index (χ4n) is 2.90. The van der Waals surface area contributed by atoms with Gasteiger partial charge in [0.15, 0.2) is 5.13 Å². The minimum atomic E-state index is 0.148. The standard InChI is InChI=1S/C18H23N3OS/c1-14-16(17(22)21-12-8-3-4-9-13-21)23-18(19-14)20(2)15-10-6-5-7-11-15/h5-7,10-11H,3-4,8-9,12-13H2,1-2H3. The van der Waals surface area contributed by atoms with Crippen LogP contribution in [-0.2, 0) is 0 Å². The number of carbonyl (C=O) groups is 1. The van der Waals surface area contributed by atoms with E-state index in [1.54, 1.807) is 0 Å². The lowest BCUT2D eigenvalue weighted by Crippen LogP contribution is -2.31. The van der Waals surface area contributed by atoms with Crippen molar-refractivity contribution < 1.29 is 4.79 Å². The number of nitrogens with zero attached hydrogens (tertiary/aromatic N) is 3. The van der Waals surface area contributed by atoms with Crippen molar-refractivity contribution in [2.75, 3.05) is 25.0 Å². The molecule has 1 fully saturated rings. The SMILES string of the molecule is Cc1nc(N(C)c2ccccc2)sc1C(=O)N1CCCCCC1. The first-order valence-corrected chi connectivity index (χ1v) is 9.04. The first-order chi connectivity index (χ1) is 11.2. The number of hydrogen-bond donors (Lipinski definition) is 0. The molecule has 23 heavy (non-hydrogen) atoms. The minimum Gasteiger partial charge on any atom is -0.338 e. The average Bonchev–Trinajstić information content (AvgIpc) is 2.79. The largest absolute Gasteiger partial charge is 0.338 e. The maximum atomic E-state index is 12.8. The predicted molar refractivity (Wildman–Crippen MR) is 95.7 cm³/mol. The van der Waals surface area contributed by atoms with Gasteiger partial charge >= 0.3 is 0 Å². The Hall–Kier alpha value is -1.88. The zero-order chi connectivity index (χ0) is 16.2. The number of rotatable bonds is 3. The van der Waals surface area contributed by atoms with E-state index < -0.39 is 0 Å². The van der Waals surface area contributed by atoms with E-state index in [4.69, 9.17) is 0 Å². The van der Waals surface area contributed by atoms with Gasteiger partial charge < -0.3 is 9.80 Å². The van der Waals surface area contributed by atoms with Crippen molar-refractivity contribution >= 4 is 28.1 Å². The van der Waals surface area contributed by atoms with Crippen LogP contribution >= 0.6 is 11.3 Å². The Balaban J connectivity index is 1.81. The van der Waals surface area contributed by atoms with Gasteiger partial charge in [-0.15, -0.1) is 0 Å². The van der Waals surface area contributed by atoms with Crippen molar-refractivity contribution in [1.29, 1.82) is 0 Å². The molecule has 1 saturated heterocycles.